The lowest BCUT2D eigenvalue weighted by Crippen LogP contribution is -2.45. The number of hydrogen-bond donors (Lipinski definition) is 3. The summed E-state index contributed by atoms with van der Waals surface area (Å²) in [7, 11) is 0. The maximum atomic E-state index is 11.1. The molecule has 1 saturated heterocycles. The zero-order valence-corrected chi connectivity index (χ0v) is 10.2. The van der Waals surface area contributed by atoms with Gasteiger partial charge in [-0.1, -0.05) is 6.07 Å². The van der Waals surface area contributed by atoms with Crippen molar-refractivity contribution in [2.75, 3.05) is 6.54 Å². The molecule has 0 aliphatic carbocycles. The molecule has 0 spiro atoms. The number of carbonyl (C=O) groups excluding carboxylic acids is 1. The van der Waals surface area contributed by atoms with Crippen molar-refractivity contribution < 1.29 is 4.79 Å². The molecule has 3 N–H and O–H groups in total. The molecule has 1 unspecified atom stereocenters. The van der Waals surface area contributed by atoms with Crippen LogP contribution in [0.4, 0.5) is 0 Å². The number of benzene rings is 1. The third-order valence-corrected chi connectivity index (χ3v) is 3.48. The molecule has 1 aromatic heterocycles. The van der Waals surface area contributed by atoms with Crippen LogP contribution in [0.3, 0.4) is 0 Å². The molecule has 1 aliphatic heterocycles. The lowest BCUT2D eigenvalue weighted by molar-refractivity contribution is -0.122. The molecule has 4 nitrogen and oxygen atoms in total. The number of amides is 1. The molecule has 94 valence electrons. The van der Waals surface area contributed by atoms with Crippen molar-refractivity contribution in [2.24, 2.45) is 0 Å². The Morgan fingerprint density at radius 3 is 3.11 bits per heavy atom. The number of aromatic amines is 1. The number of H-pyrrole nitrogens is 1. The molecule has 1 atom stereocenters. The molecule has 4 heteroatoms. The number of aromatic nitrogens is 1. The Morgan fingerprint density at radius 1 is 1.33 bits per heavy atom. The highest BCUT2D eigenvalue weighted by Gasteiger charge is 2.16. The highest BCUT2D eigenvalue weighted by Crippen LogP contribution is 2.14. The van der Waals surface area contributed by atoms with Crippen molar-refractivity contribution in [3.05, 3.63) is 36.0 Å². The molecule has 2 aromatic rings. The van der Waals surface area contributed by atoms with E-state index in [9.17, 15) is 4.79 Å². The van der Waals surface area contributed by atoms with Crippen LogP contribution >= 0.6 is 0 Å². The number of carbonyl (C=O) groups is 1. The van der Waals surface area contributed by atoms with Gasteiger partial charge in [-0.15, -0.1) is 0 Å². The van der Waals surface area contributed by atoms with Gasteiger partial charge in [0.1, 0.15) is 0 Å². The van der Waals surface area contributed by atoms with Crippen LogP contribution in [0.25, 0.3) is 10.9 Å². The van der Waals surface area contributed by atoms with Gasteiger partial charge >= 0.3 is 0 Å². The molecule has 3 rings (SSSR count). The highest BCUT2D eigenvalue weighted by atomic mass is 16.1. The topological polar surface area (TPSA) is 56.9 Å². The van der Waals surface area contributed by atoms with Crippen LogP contribution in [0, 0.1) is 0 Å². The molecular formula is C14H17N3O. The van der Waals surface area contributed by atoms with Gasteiger partial charge in [0, 0.05) is 37.3 Å². The molecule has 1 aliphatic rings. The van der Waals surface area contributed by atoms with Crippen LogP contribution in [0.1, 0.15) is 18.4 Å². The van der Waals surface area contributed by atoms with Crippen molar-refractivity contribution >= 4 is 16.8 Å². The summed E-state index contributed by atoms with van der Waals surface area (Å²) in [4.78, 5) is 14.2. The smallest absolute Gasteiger partial charge is 0.220 e. The zero-order chi connectivity index (χ0) is 12.4. The van der Waals surface area contributed by atoms with Crippen molar-refractivity contribution in [1.29, 1.82) is 0 Å². The SMILES string of the molecule is O=C1CCC(NCc2ccc3[nH]ccc3c2)CN1. The van der Waals surface area contributed by atoms with E-state index in [1.54, 1.807) is 0 Å². The van der Waals surface area contributed by atoms with E-state index in [-0.39, 0.29) is 5.91 Å². The molecular weight excluding hydrogens is 226 g/mol. The van der Waals surface area contributed by atoms with Gasteiger partial charge in [-0.05, 0) is 35.6 Å². The van der Waals surface area contributed by atoms with Gasteiger partial charge in [0.25, 0.3) is 0 Å². The first-order valence-corrected chi connectivity index (χ1v) is 6.37. The largest absolute Gasteiger partial charge is 0.361 e. The first kappa shape index (κ1) is 11.3. The molecule has 0 radical (unpaired) electrons. The predicted octanol–water partition coefficient (Wildman–Crippen LogP) is 1.54. The zero-order valence-electron chi connectivity index (χ0n) is 10.2. The summed E-state index contributed by atoms with van der Waals surface area (Å²) >= 11 is 0. The summed E-state index contributed by atoms with van der Waals surface area (Å²) in [5, 5.41) is 7.62. The van der Waals surface area contributed by atoms with Gasteiger partial charge in [-0.3, -0.25) is 4.79 Å². The number of hydrogen-bond acceptors (Lipinski definition) is 2. The monoisotopic (exact) mass is 243 g/mol. The Bertz CT molecular complexity index is 551. The van der Waals surface area contributed by atoms with Crippen LogP contribution in [0.2, 0.25) is 0 Å². The fourth-order valence-electron chi connectivity index (χ4n) is 2.38. The summed E-state index contributed by atoms with van der Waals surface area (Å²) < 4.78 is 0. The maximum absolute atomic E-state index is 11.1. The maximum Gasteiger partial charge on any atom is 0.220 e. The summed E-state index contributed by atoms with van der Waals surface area (Å²) in [6.07, 6.45) is 3.52. The summed E-state index contributed by atoms with van der Waals surface area (Å²) in [5.74, 6) is 0.168. The molecule has 1 fully saturated rings. The van der Waals surface area contributed by atoms with E-state index in [2.05, 4.69) is 39.9 Å². The lowest BCUT2D eigenvalue weighted by Gasteiger charge is -2.23. The molecule has 18 heavy (non-hydrogen) atoms. The highest BCUT2D eigenvalue weighted by molar-refractivity contribution is 5.79. The van der Waals surface area contributed by atoms with E-state index in [0.29, 0.717) is 12.5 Å². The second-order valence-electron chi connectivity index (χ2n) is 4.82. The second kappa shape index (κ2) is 4.82. The minimum atomic E-state index is 0.168. The fourth-order valence-corrected chi connectivity index (χ4v) is 2.38. The minimum Gasteiger partial charge on any atom is -0.361 e. The lowest BCUT2D eigenvalue weighted by atomic mass is 10.1. The second-order valence-corrected chi connectivity index (χ2v) is 4.82. The third-order valence-electron chi connectivity index (χ3n) is 3.48. The average Bonchev–Trinajstić information content (AvgIpc) is 2.85. The van der Waals surface area contributed by atoms with Crippen molar-refractivity contribution in [3.63, 3.8) is 0 Å². The van der Waals surface area contributed by atoms with Crippen LogP contribution < -0.4 is 10.6 Å². The Balaban J connectivity index is 1.60. The van der Waals surface area contributed by atoms with E-state index in [1.807, 2.05) is 6.20 Å². The summed E-state index contributed by atoms with van der Waals surface area (Å²) in [6.45, 7) is 1.59. The number of nitrogens with one attached hydrogen (secondary N) is 3. The van der Waals surface area contributed by atoms with Crippen LogP contribution in [-0.4, -0.2) is 23.5 Å². The molecule has 2 heterocycles. The molecule has 1 amide bonds. The van der Waals surface area contributed by atoms with Gasteiger partial charge in [-0.25, -0.2) is 0 Å². The van der Waals surface area contributed by atoms with E-state index in [4.69, 9.17) is 0 Å². The molecule has 0 bridgehead atoms. The summed E-state index contributed by atoms with van der Waals surface area (Å²) in [6, 6.07) is 8.91. The predicted molar refractivity (Wildman–Crippen MR) is 71.2 cm³/mol. The van der Waals surface area contributed by atoms with Gasteiger partial charge < -0.3 is 15.6 Å². The normalized spacial score (nSPS) is 20.0. The third kappa shape index (κ3) is 2.38. The van der Waals surface area contributed by atoms with Crippen molar-refractivity contribution in [1.82, 2.24) is 15.6 Å². The van der Waals surface area contributed by atoms with Crippen molar-refractivity contribution in [3.8, 4) is 0 Å². The first-order valence-electron chi connectivity index (χ1n) is 6.37. The van der Waals surface area contributed by atoms with Gasteiger partial charge in [0.05, 0.1) is 0 Å². The quantitative estimate of drug-likeness (QED) is 0.766. The Labute approximate surface area is 106 Å². The van der Waals surface area contributed by atoms with Crippen molar-refractivity contribution in [2.45, 2.75) is 25.4 Å². The Morgan fingerprint density at radius 2 is 2.28 bits per heavy atom. The minimum absolute atomic E-state index is 0.168. The Hall–Kier alpha value is -1.81. The van der Waals surface area contributed by atoms with E-state index < -0.39 is 0 Å². The van der Waals surface area contributed by atoms with Crippen LogP contribution in [0.5, 0.6) is 0 Å². The summed E-state index contributed by atoms with van der Waals surface area (Å²) in [5.41, 5.74) is 2.45. The molecule has 1 aromatic carbocycles. The Kier molecular flexibility index (Phi) is 3.02. The van der Waals surface area contributed by atoms with E-state index in [0.717, 1.165) is 19.5 Å². The van der Waals surface area contributed by atoms with Crippen LogP contribution in [-0.2, 0) is 11.3 Å². The number of piperidine rings is 1. The van der Waals surface area contributed by atoms with E-state index in [1.165, 1.54) is 16.5 Å². The van der Waals surface area contributed by atoms with Crippen LogP contribution in [0.15, 0.2) is 30.5 Å². The fraction of sp³-hybridized carbons (Fsp3) is 0.357. The van der Waals surface area contributed by atoms with E-state index >= 15 is 0 Å². The average molecular weight is 243 g/mol. The van der Waals surface area contributed by atoms with Gasteiger partial charge in [0.15, 0.2) is 0 Å². The number of fused-ring (bicyclic) bond motifs is 1. The molecule has 0 saturated carbocycles. The standard InChI is InChI=1S/C14H17N3O/c18-14-4-2-12(9-17-14)16-8-10-1-3-13-11(7-10)5-6-15-13/h1,3,5-7,12,15-16H,2,4,8-9H2,(H,17,18). The first-order chi connectivity index (χ1) is 8.81. The van der Waals surface area contributed by atoms with Gasteiger partial charge in [-0.2, -0.15) is 0 Å². The van der Waals surface area contributed by atoms with Gasteiger partial charge in [0.2, 0.25) is 5.91 Å². The number of rotatable bonds is 3.